The molecule has 10 nitrogen and oxygen atoms in total. The maximum Gasteiger partial charge on any atom is 0.339 e. The molecule has 154 valence electrons. The Morgan fingerprint density at radius 1 is 1.14 bits per heavy atom. The van der Waals surface area contributed by atoms with Crippen molar-refractivity contribution in [2.75, 3.05) is 12.4 Å². The van der Waals surface area contributed by atoms with Crippen molar-refractivity contribution in [3.8, 4) is 0 Å². The Kier molecular flexibility index (Phi) is 5.42. The lowest BCUT2D eigenvalue weighted by molar-refractivity contribution is 0.0488. The van der Waals surface area contributed by atoms with Crippen LogP contribution in [-0.2, 0) is 35.2 Å². The van der Waals surface area contributed by atoms with Crippen LogP contribution in [0.15, 0.2) is 45.1 Å². The number of benzene rings is 1. The molecule has 2 heterocycles. The number of nitrogens with zero attached hydrogens (tertiary/aromatic N) is 4. The molecule has 0 unspecified atom stereocenters. The normalized spacial score (nSPS) is 11.7. The number of carbonyl (C=O) groups is 1. The van der Waals surface area contributed by atoms with Gasteiger partial charge in [0, 0.05) is 14.1 Å². The highest BCUT2D eigenvalue weighted by molar-refractivity contribution is 7.91. The summed E-state index contributed by atoms with van der Waals surface area (Å²) in [5.41, 5.74) is -0.606. The summed E-state index contributed by atoms with van der Waals surface area (Å²) in [5.74, 6) is -0.914. The number of ether oxygens (including phenoxy) is 1. The Hall–Kier alpha value is -3.21. The van der Waals surface area contributed by atoms with E-state index in [4.69, 9.17) is 4.74 Å². The second-order valence-corrected chi connectivity index (χ2v) is 8.60. The lowest BCUT2D eigenvalue weighted by Gasteiger charge is -2.10. The third-order valence-corrected chi connectivity index (χ3v) is 6.39. The first-order valence-corrected chi connectivity index (χ1v) is 10.4. The van der Waals surface area contributed by atoms with E-state index in [1.54, 1.807) is 6.07 Å². The van der Waals surface area contributed by atoms with Gasteiger partial charge in [-0.15, -0.1) is 0 Å². The molecule has 1 aromatic carbocycles. The van der Waals surface area contributed by atoms with Crippen molar-refractivity contribution in [2.45, 2.75) is 18.4 Å². The Morgan fingerprint density at radius 3 is 2.52 bits per heavy atom. The molecular weight excluding hydrogens is 400 g/mol. The molecule has 29 heavy (non-hydrogen) atoms. The van der Waals surface area contributed by atoms with Crippen molar-refractivity contribution in [2.24, 2.45) is 14.1 Å². The summed E-state index contributed by atoms with van der Waals surface area (Å²) in [6.45, 7) is 1.49. The molecule has 0 N–H and O–H groups in total. The molecule has 0 aliphatic rings. The highest BCUT2D eigenvalue weighted by Crippen LogP contribution is 2.18. The van der Waals surface area contributed by atoms with Gasteiger partial charge in [-0.05, 0) is 12.1 Å². The van der Waals surface area contributed by atoms with E-state index in [0.29, 0.717) is 0 Å². The van der Waals surface area contributed by atoms with Crippen molar-refractivity contribution in [3.63, 3.8) is 0 Å². The Morgan fingerprint density at radius 2 is 1.83 bits per heavy atom. The second kappa shape index (κ2) is 7.66. The minimum atomic E-state index is -3.58. The van der Waals surface area contributed by atoms with Gasteiger partial charge < -0.3 is 9.30 Å². The van der Waals surface area contributed by atoms with Crippen LogP contribution >= 0.6 is 0 Å². The number of sulfone groups is 1. The minimum Gasteiger partial charge on any atom is -0.460 e. The molecule has 0 fully saturated rings. The molecular formula is C18H20N4O6S. The number of aryl methyl sites for hydroxylation is 1. The molecule has 2 aromatic heterocycles. The van der Waals surface area contributed by atoms with Gasteiger partial charge in [-0.2, -0.15) is 0 Å². The van der Waals surface area contributed by atoms with Crippen LogP contribution in [0.5, 0.6) is 0 Å². The SMILES string of the molecule is CCS(=O)(=O)c1ccccc1C(=O)OCCn1cnc2c1c(=O)n(C)c(=O)n2C. The van der Waals surface area contributed by atoms with Crippen LogP contribution in [0.25, 0.3) is 11.2 Å². The highest BCUT2D eigenvalue weighted by atomic mass is 32.2. The maximum absolute atomic E-state index is 12.4. The van der Waals surface area contributed by atoms with Crippen molar-refractivity contribution < 1.29 is 17.9 Å². The van der Waals surface area contributed by atoms with Crippen molar-refractivity contribution in [3.05, 3.63) is 57.0 Å². The first-order valence-electron chi connectivity index (χ1n) is 8.78. The van der Waals surface area contributed by atoms with Crippen LogP contribution in [0, 0.1) is 0 Å². The molecule has 11 heteroatoms. The molecule has 0 saturated heterocycles. The van der Waals surface area contributed by atoms with Crippen molar-refractivity contribution in [1.29, 1.82) is 0 Å². The fourth-order valence-corrected chi connectivity index (χ4v) is 4.03. The lowest BCUT2D eigenvalue weighted by Crippen LogP contribution is -2.37. The second-order valence-electron chi connectivity index (χ2n) is 6.35. The monoisotopic (exact) mass is 420 g/mol. The van der Waals surface area contributed by atoms with E-state index in [2.05, 4.69) is 4.98 Å². The first-order chi connectivity index (χ1) is 13.7. The number of hydrogen-bond donors (Lipinski definition) is 0. The molecule has 0 atom stereocenters. The fourth-order valence-electron chi connectivity index (χ4n) is 2.94. The van der Waals surface area contributed by atoms with Crippen LogP contribution < -0.4 is 11.2 Å². The van der Waals surface area contributed by atoms with Crippen LogP contribution in [0.1, 0.15) is 17.3 Å². The molecule has 0 radical (unpaired) electrons. The summed E-state index contributed by atoms with van der Waals surface area (Å²) in [6, 6.07) is 5.85. The van der Waals surface area contributed by atoms with Crippen molar-refractivity contribution in [1.82, 2.24) is 18.7 Å². The Balaban J connectivity index is 1.83. The predicted molar refractivity (Wildman–Crippen MR) is 105 cm³/mol. The topological polar surface area (TPSA) is 122 Å². The van der Waals surface area contributed by atoms with Crippen LogP contribution in [0.3, 0.4) is 0 Å². The predicted octanol–water partition coefficient (Wildman–Crippen LogP) is 0.0843. The Labute approximate surface area is 165 Å². The summed E-state index contributed by atoms with van der Waals surface area (Å²) in [6.07, 6.45) is 1.38. The van der Waals surface area contributed by atoms with Gasteiger partial charge in [-0.1, -0.05) is 19.1 Å². The number of hydrogen-bond acceptors (Lipinski definition) is 7. The van der Waals surface area contributed by atoms with E-state index in [1.165, 1.54) is 54.7 Å². The third kappa shape index (κ3) is 3.60. The van der Waals surface area contributed by atoms with Gasteiger partial charge in [0.1, 0.15) is 6.61 Å². The average Bonchev–Trinajstić information content (AvgIpc) is 3.14. The van der Waals surface area contributed by atoms with Gasteiger partial charge in [0.15, 0.2) is 21.0 Å². The molecule has 3 aromatic rings. The van der Waals surface area contributed by atoms with E-state index in [1.807, 2.05) is 0 Å². The smallest absolute Gasteiger partial charge is 0.339 e. The van der Waals surface area contributed by atoms with E-state index in [0.717, 1.165) is 4.57 Å². The largest absolute Gasteiger partial charge is 0.460 e. The van der Waals surface area contributed by atoms with Gasteiger partial charge >= 0.3 is 11.7 Å². The zero-order valence-electron chi connectivity index (χ0n) is 16.2. The lowest BCUT2D eigenvalue weighted by atomic mass is 10.2. The van der Waals surface area contributed by atoms with Gasteiger partial charge in [0.25, 0.3) is 5.56 Å². The zero-order chi connectivity index (χ0) is 21.3. The fraction of sp³-hybridized carbons (Fsp3) is 0.333. The number of esters is 1. The third-order valence-electron chi connectivity index (χ3n) is 4.60. The number of fused-ring (bicyclic) bond motifs is 1. The summed E-state index contributed by atoms with van der Waals surface area (Å²) < 4.78 is 33.3. The molecule has 3 rings (SSSR count). The van der Waals surface area contributed by atoms with Gasteiger partial charge in [0.05, 0.1) is 29.1 Å². The first kappa shape index (κ1) is 20.5. The van der Waals surface area contributed by atoms with E-state index in [9.17, 15) is 22.8 Å². The summed E-state index contributed by atoms with van der Waals surface area (Å²) >= 11 is 0. The van der Waals surface area contributed by atoms with Crippen LogP contribution in [0.4, 0.5) is 0 Å². The quantitative estimate of drug-likeness (QED) is 0.518. The van der Waals surface area contributed by atoms with E-state index < -0.39 is 27.1 Å². The number of imidazole rings is 1. The van der Waals surface area contributed by atoms with Crippen LogP contribution in [0.2, 0.25) is 0 Å². The molecule has 0 saturated carbocycles. The molecule has 0 aliphatic heterocycles. The maximum atomic E-state index is 12.4. The summed E-state index contributed by atoms with van der Waals surface area (Å²) in [5, 5.41) is 0. The van der Waals surface area contributed by atoms with Gasteiger partial charge in [-0.3, -0.25) is 13.9 Å². The standard InChI is InChI=1S/C18H20N4O6S/c1-4-29(26,27)13-8-6-5-7-12(13)17(24)28-10-9-22-11-19-15-14(22)16(23)21(3)18(25)20(15)2/h5-8,11H,4,9-10H2,1-3H3. The van der Waals surface area contributed by atoms with E-state index in [-0.39, 0.29) is 40.5 Å². The number of rotatable bonds is 6. The molecule has 0 aliphatic carbocycles. The van der Waals surface area contributed by atoms with Gasteiger partial charge in [0.2, 0.25) is 0 Å². The number of aromatic nitrogens is 4. The van der Waals surface area contributed by atoms with E-state index >= 15 is 0 Å². The minimum absolute atomic E-state index is 0.0388. The number of carbonyl (C=O) groups excluding carboxylic acids is 1. The summed E-state index contributed by atoms with van der Waals surface area (Å²) in [4.78, 5) is 40.8. The zero-order valence-corrected chi connectivity index (χ0v) is 17.0. The van der Waals surface area contributed by atoms with Gasteiger partial charge in [-0.25, -0.2) is 23.0 Å². The molecule has 0 spiro atoms. The molecule has 0 amide bonds. The Bertz CT molecular complexity index is 1320. The van der Waals surface area contributed by atoms with Crippen molar-refractivity contribution >= 4 is 27.0 Å². The average molecular weight is 420 g/mol. The summed E-state index contributed by atoms with van der Waals surface area (Å²) in [7, 11) is -0.708. The highest BCUT2D eigenvalue weighted by Gasteiger charge is 2.21. The molecule has 0 bridgehead atoms. The van der Waals surface area contributed by atoms with Crippen LogP contribution in [-0.4, -0.2) is 45.4 Å².